The molecule has 1 saturated carbocycles. The second kappa shape index (κ2) is 7.03. The molecule has 1 aromatic heterocycles. The van der Waals surface area contributed by atoms with Gasteiger partial charge in [-0.25, -0.2) is 14.2 Å². The number of rotatable bonds is 4. The lowest BCUT2D eigenvalue weighted by Crippen LogP contribution is -2.41. The number of nitrogens with zero attached hydrogens (tertiary/aromatic N) is 2. The van der Waals surface area contributed by atoms with Gasteiger partial charge in [-0.05, 0) is 32.3 Å². The zero-order chi connectivity index (χ0) is 17.1. The molecule has 1 atom stereocenters. The third-order valence-corrected chi connectivity index (χ3v) is 4.69. The molecule has 0 spiro atoms. The van der Waals surface area contributed by atoms with E-state index in [1.54, 1.807) is 0 Å². The quantitative estimate of drug-likeness (QED) is 0.904. The number of aryl methyl sites for hydroxylation is 1. The van der Waals surface area contributed by atoms with E-state index in [0.29, 0.717) is 0 Å². The number of hydrogen-bond donors (Lipinski definition) is 2. The van der Waals surface area contributed by atoms with Crippen molar-refractivity contribution in [3.05, 3.63) is 56.4 Å². The van der Waals surface area contributed by atoms with E-state index in [1.807, 2.05) is 32.0 Å². The van der Waals surface area contributed by atoms with Gasteiger partial charge >= 0.3 is 11.4 Å². The van der Waals surface area contributed by atoms with Gasteiger partial charge in [0.15, 0.2) is 0 Å². The Morgan fingerprint density at radius 3 is 2.67 bits per heavy atom. The van der Waals surface area contributed by atoms with Crippen LogP contribution in [0.5, 0.6) is 0 Å². The first kappa shape index (κ1) is 16.5. The van der Waals surface area contributed by atoms with Crippen LogP contribution in [0.4, 0.5) is 5.95 Å². The highest BCUT2D eigenvalue weighted by molar-refractivity contribution is 5.32. The fourth-order valence-electron chi connectivity index (χ4n) is 3.38. The highest BCUT2D eigenvalue weighted by Gasteiger charge is 2.20. The SMILES string of the molecule is Cc1cccc([C@H](C)Nc2nc(=O)n(C3CCCCC3)c(=O)[nH]2)c1. The third kappa shape index (κ3) is 3.58. The molecule has 0 unspecified atom stereocenters. The minimum Gasteiger partial charge on any atom is -0.349 e. The lowest BCUT2D eigenvalue weighted by molar-refractivity contribution is 0.332. The van der Waals surface area contributed by atoms with Crippen molar-refractivity contribution in [1.29, 1.82) is 0 Å². The van der Waals surface area contributed by atoms with Crippen LogP contribution in [0.2, 0.25) is 0 Å². The maximum absolute atomic E-state index is 12.4. The summed E-state index contributed by atoms with van der Waals surface area (Å²) in [5, 5.41) is 3.12. The topological polar surface area (TPSA) is 79.8 Å². The normalized spacial score (nSPS) is 16.8. The molecule has 1 heterocycles. The van der Waals surface area contributed by atoms with Gasteiger partial charge < -0.3 is 5.32 Å². The number of hydrogen-bond acceptors (Lipinski definition) is 4. The highest BCUT2D eigenvalue weighted by Crippen LogP contribution is 2.25. The standard InChI is InChI=1S/C18H24N4O2/c1-12-7-6-8-14(11-12)13(2)19-16-20-17(23)22(18(24)21-16)15-9-4-3-5-10-15/h6-8,11,13,15H,3-5,9-10H2,1-2H3,(H2,19,20,21,23,24)/t13-/m0/s1. The summed E-state index contributed by atoms with van der Waals surface area (Å²) in [7, 11) is 0. The largest absolute Gasteiger partial charge is 0.355 e. The number of benzene rings is 1. The second-order valence-electron chi connectivity index (χ2n) is 6.62. The molecule has 0 amide bonds. The van der Waals surface area contributed by atoms with E-state index < -0.39 is 5.69 Å². The Balaban J connectivity index is 1.82. The van der Waals surface area contributed by atoms with Gasteiger partial charge in [0.25, 0.3) is 0 Å². The van der Waals surface area contributed by atoms with Crippen LogP contribution in [0, 0.1) is 6.92 Å². The van der Waals surface area contributed by atoms with Gasteiger partial charge in [0, 0.05) is 6.04 Å². The van der Waals surface area contributed by atoms with Crippen molar-refractivity contribution in [3.8, 4) is 0 Å². The summed E-state index contributed by atoms with van der Waals surface area (Å²) in [5.74, 6) is 0.228. The fraction of sp³-hybridized carbons (Fsp3) is 0.500. The Morgan fingerprint density at radius 1 is 1.25 bits per heavy atom. The molecule has 1 aliphatic rings. The van der Waals surface area contributed by atoms with Crippen LogP contribution in [-0.4, -0.2) is 14.5 Å². The molecule has 0 aliphatic heterocycles. The molecule has 0 radical (unpaired) electrons. The molecule has 24 heavy (non-hydrogen) atoms. The first-order valence-electron chi connectivity index (χ1n) is 8.60. The number of aromatic nitrogens is 3. The van der Waals surface area contributed by atoms with Gasteiger partial charge in [0.2, 0.25) is 5.95 Å². The minimum atomic E-state index is -0.468. The number of aromatic amines is 1. The van der Waals surface area contributed by atoms with Crippen LogP contribution in [0.1, 0.15) is 62.2 Å². The van der Waals surface area contributed by atoms with Gasteiger partial charge in [0.1, 0.15) is 0 Å². The van der Waals surface area contributed by atoms with Crippen LogP contribution in [-0.2, 0) is 0 Å². The van der Waals surface area contributed by atoms with Crippen molar-refractivity contribution in [3.63, 3.8) is 0 Å². The van der Waals surface area contributed by atoms with E-state index in [-0.39, 0.29) is 23.7 Å². The smallest absolute Gasteiger partial charge is 0.349 e. The van der Waals surface area contributed by atoms with Crippen molar-refractivity contribution in [2.24, 2.45) is 0 Å². The molecule has 6 heteroatoms. The van der Waals surface area contributed by atoms with E-state index in [2.05, 4.69) is 21.4 Å². The summed E-state index contributed by atoms with van der Waals surface area (Å²) in [6.45, 7) is 4.00. The second-order valence-corrected chi connectivity index (χ2v) is 6.62. The molecule has 1 fully saturated rings. The summed E-state index contributed by atoms with van der Waals surface area (Å²) in [6.07, 6.45) is 5.03. The molecule has 0 bridgehead atoms. The molecule has 128 valence electrons. The Kier molecular flexibility index (Phi) is 4.83. The highest BCUT2D eigenvalue weighted by atomic mass is 16.2. The van der Waals surface area contributed by atoms with E-state index >= 15 is 0 Å². The molecular formula is C18H24N4O2. The van der Waals surface area contributed by atoms with Gasteiger partial charge in [-0.2, -0.15) is 4.98 Å². The Bertz CT molecular complexity index is 787. The van der Waals surface area contributed by atoms with Gasteiger partial charge in [-0.3, -0.25) is 4.98 Å². The lowest BCUT2D eigenvalue weighted by Gasteiger charge is -2.22. The van der Waals surface area contributed by atoms with Crippen LogP contribution in [0.3, 0.4) is 0 Å². The van der Waals surface area contributed by atoms with Gasteiger partial charge in [-0.1, -0.05) is 49.1 Å². The van der Waals surface area contributed by atoms with Crippen LogP contribution < -0.4 is 16.7 Å². The molecule has 1 aliphatic carbocycles. The fourth-order valence-corrected chi connectivity index (χ4v) is 3.38. The molecule has 2 aromatic rings. The zero-order valence-corrected chi connectivity index (χ0v) is 14.2. The minimum absolute atomic E-state index is 0.0225. The summed E-state index contributed by atoms with van der Waals surface area (Å²) < 4.78 is 1.28. The van der Waals surface area contributed by atoms with Gasteiger partial charge in [-0.15, -0.1) is 0 Å². The molecule has 0 saturated heterocycles. The monoisotopic (exact) mass is 328 g/mol. The van der Waals surface area contributed by atoms with E-state index in [1.165, 1.54) is 11.0 Å². The lowest BCUT2D eigenvalue weighted by atomic mass is 9.95. The number of H-pyrrole nitrogens is 1. The first-order chi connectivity index (χ1) is 11.5. The molecule has 3 rings (SSSR count). The Morgan fingerprint density at radius 2 is 2.00 bits per heavy atom. The van der Waals surface area contributed by atoms with Crippen molar-refractivity contribution in [2.45, 2.75) is 58.0 Å². The van der Waals surface area contributed by atoms with Crippen molar-refractivity contribution < 1.29 is 0 Å². The number of nitrogens with one attached hydrogen (secondary N) is 2. The van der Waals surface area contributed by atoms with Gasteiger partial charge in [0.05, 0.1) is 6.04 Å². The molecule has 1 aromatic carbocycles. The van der Waals surface area contributed by atoms with Crippen LogP contribution in [0.25, 0.3) is 0 Å². The Labute approximate surface area is 141 Å². The predicted molar refractivity (Wildman–Crippen MR) is 94.5 cm³/mol. The summed E-state index contributed by atoms with van der Waals surface area (Å²) in [6, 6.07) is 8.01. The van der Waals surface area contributed by atoms with Crippen molar-refractivity contribution in [1.82, 2.24) is 14.5 Å². The van der Waals surface area contributed by atoms with Crippen molar-refractivity contribution >= 4 is 5.95 Å². The van der Waals surface area contributed by atoms with Crippen LogP contribution >= 0.6 is 0 Å². The molecule has 2 N–H and O–H groups in total. The van der Waals surface area contributed by atoms with Crippen molar-refractivity contribution in [2.75, 3.05) is 5.32 Å². The Hall–Kier alpha value is -2.37. The summed E-state index contributed by atoms with van der Waals surface area (Å²) in [4.78, 5) is 31.4. The third-order valence-electron chi connectivity index (χ3n) is 4.69. The van der Waals surface area contributed by atoms with E-state index in [9.17, 15) is 9.59 Å². The predicted octanol–water partition coefficient (Wildman–Crippen LogP) is 2.92. The molecular weight excluding hydrogens is 304 g/mol. The van der Waals surface area contributed by atoms with E-state index in [0.717, 1.165) is 36.8 Å². The maximum Gasteiger partial charge on any atom is 0.355 e. The average Bonchev–Trinajstić information content (AvgIpc) is 2.55. The number of anilines is 1. The molecule has 6 nitrogen and oxygen atoms in total. The average molecular weight is 328 g/mol. The van der Waals surface area contributed by atoms with Crippen LogP contribution in [0.15, 0.2) is 33.9 Å². The summed E-state index contributed by atoms with van der Waals surface area (Å²) in [5.41, 5.74) is 1.40. The maximum atomic E-state index is 12.4. The van der Waals surface area contributed by atoms with E-state index in [4.69, 9.17) is 0 Å². The first-order valence-corrected chi connectivity index (χ1v) is 8.60. The zero-order valence-electron chi connectivity index (χ0n) is 14.2. The summed E-state index contributed by atoms with van der Waals surface area (Å²) >= 11 is 0.